The first-order valence-electron chi connectivity index (χ1n) is 8.48. The number of aryl methyl sites for hydroxylation is 1. The number of carbonyl (C=O) groups is 2. The highest BCUT2D eigenvalue weighted by Gasteiger charge is 2.13. The van der Waals surface area contributed by atoms with Gasteiger partial charge < -0.3 is 15.1 Å². The first-order valence-corrected chi connectivity index (χ1v) is 8.48. The smallest absolute Gasteiger partial charge is 0.224 e. The molecule has 0 aliphatic carbocycles. The van der Waals surface area contributed by atoms with Crippen LogP contribution in [-0.2, 0) is 16.0 Å². The van der Waals surface area contributed by atoms with Crippen molar-refractivity contribution < 1.29 is 22.8 Å². The molecule has 0 aliphatic heterocycles. The Morgan fingerprint density at radius 1 is 1.07 bits per heavy atom. The lowest BCUT2D eigenvalue weighted by molar-refractivity contribution is -0.116. The number of anilines is 2. The molecule has 0 radical (unpaired) electrons. The number of hydrogen-bond acceptors (Lipinski definition) is 4. The second kappa shape index (κ2) is 8.43. The van der Waals surface area contributed by atoms with Crippen LogP contribution in [0.3, 0.4) is 0 Å². The van der Waals surface area contributed by atoms with Gasteiger partial charge >= 0.3 is 0 Å². The maximum Gasteiger partial charge on any atom is 0.224 e. The van der Waals surface area contributed by atoms with Gasteiger partial charge in [-0.15, -0.1) is 0 Å². The Morgan fingerprint density at radius 3 is 2.54 bits per heavy atom. The highest BCUT2D eigenvalue weighted by atomic mass is 19.1. The van der Waals surface area contributed by atoms with E-state index in [4.69, 9.17) is 4.42 Å². The van der Waals surface area contributed by atoms with Gasteiger partial charge in [-0.3, -0.25) is 9.59 Å². The second-order valence-electron chi connectivity index (χ2n) is 6.05. The molecule has 0 aliphatic rings. The summed E-state index contributed by atoms with van der Waals surface area (Å²) in [6, 6.07) is 9.91. The van der Waals surface area contributed by atoms with Crippen LogP contribution in [0.2, 0.25) is 0 Å². The third kappa shape index (κ3) is 5.00. The number of nitrogens with one attached hydrogen (secondary N) is 2. The monoisotopic (exact) mass is 385 g/mol. The number of hydrogen-bond donors (Lipinski definition) is 2. The van der Waals surface area contributed by atoms with Crippen molar-refractivity contribution in [3.8, 4) is 11.3 Å². The second-order valence-corrected chi connectivity index (χ2v) is 6.05. The van der Waals surface area contributed by atoms with Crippen molar-refractivity contribution >= 4 is 23.2 Å². The number of nitrogens with zero attached hydrogens (tertiary/aromatic N) is 1. The molecule has 0 atom stereocenters. The molecule has 6 nitrogen and oxygen atoms in total. The van der Waals surface area contributed by atoms with E-state index in [2.05, 4.69) is 15.6 Å². The molecule has 0 spiro atoms. The van der Waals surface area contributed by atoms with Crippen LogP contribution >= 0.6 is 0 Å². The van der Waals surface area contributed by atoms with E-state index in [1.807, 2.05) is 0 Å². The van der Waals surface area contributed by atoms with Crippen molar-refractivity contribution in [1.29, 1.82) is 0 Å². The predicted molar refractivity (Wildman–Crippen MR) is 99.6 cm³/mol. The van der Waals surface area contributed by atoms with Crippen molar-refractivity contribution in [2.45, 2.75) is 19.8 Å². The Kier molecular flexibility index (Phi) is 5.78. The quantitative estimate of drug-likeness (QED) is 0.668. The molecule has 2 amide bonds. The zero-order valence-electron chi connectivity index (χ0n) is 15.0. The van der Waals surface area contributed by atoms with E-state index >= 15 is 0 Å². The summed E-state index contributed by atoms with van der Waals surface area (Å²) in [5, 5.41) is 5.35. The van der Waals surface area contributed by atoms with Crippen LogP contribution in [0.5, 0.6) is 0 Å². The summed E-state index contributed by atoms with van der Waals surface area (Å²) in [4.78, 5) is 27.2. The van der Waals surface area contributed by atoms with Crippen LogP contribution in [-0.4, -0.2) is 16.8 Å². The number of oxazole rings is 1. The van der Waals surface area contributed by atoms with E-state index in [-0.39, 0.29) is 41.9 Å². The Bertz CT molecular complexity index is 1020. The Morgan fingerprint density at radius 2 is 1.82 bits per heavy atom. The molecule has 8 heteroatoms. The molecule has 3 rings (SSSR count). The van der Waals surface area contributed by atoms with Gasteiger partial charge in [0.25, 0.3) is 0 Å². The number of benzene rings is 2. The fraction of sp³-hybridized carbons (Fsp3) is 0.150. The van der Waals surface area contributed by atoms with Crippen molar-refractivity contribution in [2.75, 3.05) is 10.6 Å². The van der Waals surface area contributed by atoms with Gasteiger partial charge in [0, 0.05) is 37.2 Å². The summed E-state index contributed by atoms with van der Waals surface area (Å²) < 4.78 is 32.2. The number of rotatable bonds is 6. The van der Waals surface area contributed by atoms with E-state index in [1.54, 1.807) is 24.3 Å². The minimum Gasteiger partial charge on any atom is -0.441 e. The summed E-state index contributed by atoms with van der Waals surface area (Å²) in [5.74, 6) is -1.48. The molecule has 0 saturated heterocycles. The molecule has 0 saturated carbocycles. The van der Waals surface area contributed by atoms with E-state index in [0.29, 0.717) is 11.4 Å². The zero-order valence-corrected chi connectivity index (χ0v) is 15.0. The van der Waals surface area contributed by atoms with Crippen LogP contribution in [0, 0.1) is 11.6 Å². The average Bonchev–Trinajstić information content (AvgIpc) is 3.08. The van der Waals surface area contributed by atoms with Crippen molar-refractivity contribution in [3.05, 3.63) is 66.2 Å². The van der Waals surface area contributed by atoms with Gasteiger partial charge in [-0.2, -0.15) is 0 Å². The average molecular weight is 385 g/mol. The third-order valence-electron chi connectivity index (χ3n) is 3.78. The van der Waals surface area contributed by atoms with E-state index < -0.39 is 11.6 Å². The summed E-state index contributed by atoms with van der Waals surface area (Å²) in [6.07, 6.45) is 1.64. The molecule has 1 aromatic heterocycles. The molecule has 0 bridgehead atoms. The van der Waals surface area contributed by atoms with Crippen LogP contribution in [0.25, 0.3) is 11.3 Å². The summed E-state index contributed by atoms with van der Waals surface area (Å²) >= 11 is 0. The molecule has 0 unspecified atom stereocenters. The zero-order chi connectivity index (χ0) is 20.1. The van der Waals surface area contributed by atoms with Gasteiger partial charge in [0.15, 0.2) is 11.7 Å². The third-order valence-corrected chi connectivity index (χ3v) is 3.78. The number of amides is 2. The predicted octanol–water partition coefficient (Wildman–Crippen LogP) is 4.15. The van der Waals surface area contributed by atoms with Gasteiger partial charge in [0.1, 0.15) is 11.6 Å². The van der Waals surface area contributed by atoms with Crippen molar-refractivity contribution in [2.24, 2.45) is 0 Å². The number of carbonyl (C=O) groups excluding carboxylic acids is 2. The lowest BCUT2D eigenvalue weighted by atomic mass is 10.2. The molecule has 28 heavy (non-hydrogen) atoms. The van der Waals surface area contributed by atoms with Crippen LogP contribution in [0.4, 0.5) is 20.2 Å². The highest BCUT2D eigenvalue weighted by Crippen LogP contribution is 2.24. The lowest BCUT2D eigenvalue weighted by Crippen LogP contribution is -2.13. The molecule has 1 heterocycles. The minimum atomic E-state index is -0.750. The van der Waals surface area contributed by atoms with E-state index in [1.165, 1.54) is 19.2 Å². The molecule has 2 N–H and O–H groups in total. The Balaban J connectivity index is 1.58. The van der Waals surface area contributed by atoms with Crippen LogP contribution in [0.15, 0.2) is 53.1 Å². The number of aromatic nitrogens is 1. The van der Waals surface area contributed by atoms with Crippen molar-refractivity contribution in [1.82, 2.24) is 4.98 Å². The number of halogens is 2. The van der Waals surface area contributed by atoms with Crippen LogP contribution in [0.1, 0.15) is 19.2 Å². The summed E-state index contributed by atoms with van der Waals surface area (Å²) in [6.45, 7) is 1.40. The molecule has 2 aromatic carbocycles. The minimum absolute atomic E-state index is 0.0935. The molecule has 0 fully saturated rings. The van der Waals surface area contributed by atoms with Crippen LogP contribution < -0.4 is 10.6 Å². The van der Waals surface area contributed by atoms with Gasteiger partial charge in [-0.05, 0) is 30.3 Å². The summed E-state index contributed by atoms with van der Waals surface area (Å²) in [5.41, 5.74) is 1.21. The maximum absolute atomic E-state index is 13.8. The van der Waals surface area contributed by atoms with Gasteiger partial charge in [0.05, 0.1) is 11.8 Å². The lowest BCUT2D eigenvalue weighted by Gasteiger charge is -2.07. The SMILES string of the molecule is CC(=O)Nc1cccc(NC(=O)CCc2ncc(-c3ccc(F)cc3F)o2)c1. The molecule has 3 aromatic rings. The summed E-state index contributed by atoms with van der Waals surface area (Å²) in [7, 11) is 0. The van der Waals surface area contributed by atoms with Gasteiger partial charge in [0.2, 0.25) is 11.8 Å². The fourth-order valence-electron chi connectivity index (χ4n) is 2.56. The Labute approximate surface area is 159 Å². The Hall–Kier alpha value is -3.55. The maximum atomic E-state index is 13.8. The largest absolute Gasteiger partial charge is 0.441 e. The van der Waals surface area contributed by atoms with E-state index in [0.717, 1.165) is 12.1 Å². The topological polar surface area (TPSA) is 84.2 Å². The standard InChI is InChI=1S/C20H17F2N3O3/c1-12(26)24-14-3-2-4-15(10-14)25-19(27)7-8-20-23-11-18(28-20)16-6-5-13(21)9-17(16)22/h2-6,9-11H,7-8H2,1H3,(H,24,26)(H,25,27). The molecule has 144 valence electrons. The van der Waals surface area contributed by atoms with E-state index in [9.17, 15) is 18.4 Å². The van der Waals surface area contributed by atoms with Gasteiger partial charge in [-0.25, -0.2) is 13.8 Å². The molecular weight excluding hydrogens is 368 g/mol. The normalized spacial score (nSPS) is 10.5. The highest BCUT2D eigenvalue weighted by molar-refractivity contribution is 5.93. The fourth-order valence-corrected chi connectivity index (χ4v) is 2.56. The van der Waals surface area contributed by atoms with Crippen molar-refractivity contribution in [3.63, 3.8) is 0 Å². The first kappa shape index (κ1) is 19.2. The molecular formula is C20H17F2N3O3. The first-order chi connectivity index (χ1) is 13.4. The van der Waals surface area contributed by atoms with Gasteiger partial charge in [-0.1, -0.05) is 6.07 Å².